The second-order valence-corrected chi connectivity index (χ2v) is 9.56. The van der Waals surface area contributed by atoms with E-state index in [1.165, 1.54) is 6.42 Å². The fourth-order valence-electron chi connectivity index (χ4n) is 6.56. The lowest BCUT2D eigenvalue weighted by molar-refractivity contribution is -0.0850. The van der Waals surface area contributed by atoms with Gasteiger partial charge in [-0.3, -0.25) is 0 Å². The number of hydrogen-bond acceptors (Lipinski definition) is 1. The van der Waals surface area contributed by atoms with Gasteiger partial charge in [0, 0.05) is 10.2 Å². The van der Waals surface area contributed by atoms with Gasteiger partial charge < -0.3 is 4.74 Å². The van der Waals surface area contributed by atoms with Gasteiger partial charge in [0.25, 0.3) is 0 Å². The van der Waals surface area contributed by atoms with E-state index >= 15 is 0 Å². The second-order valence-electron chi connectivity index (χ2n) is 8.58. The number of halogens is 1. The Kier molecular flexibility index (Phi) is 2.35. The van der Waals surface area contributed by atoms with Crippen molar-refractivity contribution in [3.63, 3.8) is 0 Å². The number of rotatable bonds is 2. The summed E-state index contributed by atoms with van der Waals surface area (Å²) < 4.78 is 6.44. The minimum Gasteiger partial charge on any atom is -0.372 e. The van der Waals surface area contributed by atoms with Crippen LogP contribution in [0.4, 0.5) is 0 Å². The monoisotopic (exact) mass is 346 g/mol. The molecule has 0 heterocycles. The van der Waals surface area contributed by atoms with Gasteiger partial charge in [0.2, 0.25) is 0 Å². The van der Waals surface area contributed by atoms with Gasteiger partial charge >= 0.3 is 0 Å². The molecule has 21 heavy (non-hydrogen) atoms. The van der Waals surface area contributed by atoms with Gasteiger partial charge in [-0.25, -0.2) is 0 Å². The van der Waals surface area contributed by atoms with Crippen LogP contribution in [0.1, 0.15) is 32.8 Å². The van der Waals surface area contributed by atoms with Crippen LogP contribution < -0.4 is 0 Å². The van der Waals surface area contributed by atoms with Crippen molar-refractivity contribution in [2.24, 2.45) is 29.6 Å². The largest absolute Gasteiger partial charge is 0.372 e. The van der Waals surface area contributed by atoms with Crippen LogP contribution in [0.25, 0.3) is 0 Å². The molecule has 2 heteroatoms. The molecular weight excluding hydrogens is 324 g/mol. The standard InChI is InChI=1S/C19H23BrO/c1-18(2,3)21-12-9-11-13-14(12)16-15(11)19(16,17(13)20)10-7-5-4-6-8-10/h4-8,11-17H,9H2,1-3H3/t11-,12-,13-,14+,15+,16-,17-,19+/m0/s1. The Morgan fingerprint density at radius 1 is 1.10 bits per heavy atom. The minimum atomic E-state index is -0.00829. The number of alkyl halides is 1. The molecule has 1 aromatic rings. The molecule has 8 atom stereocenters. The highest BCUT2D eigenvalue weighted by Gasteiger charge is 2.89. The molecule has 0 amide bonds. The zero-order chi connectivity index (χ0) is 14.6. The van der Waals surface area contributed by atoms with Gasteiger partial charge in [-0.05, 0) is 62.3 Å². The summed E-state index contributed by atoms with van der Waals surface area (Å²) in [5.41, 5.74) is 2.01. The van der Waals surface area contributed by atoms with Crippen LogP contribution in [-0.2, 0) is 10.2 Å². The molecule has 5 fully saturated rings. The third-order valence-corrected chi connectivity index (χ3v) is 8.07. The van der Waals surface area contributed by atoms with E-state index < -0.39 is 0 Å². The maximum atomic E-state index is 6.44. The molecule has 6 bridgehead atoms. The average Bonchev–Trinajstić information content (AvgIpc) is 2.64. The fraction of sp³-hybridized carbons (Fsp3) is 0.684. The Balaban J connectivity index is 1.52. The summed E-state index contributed by atoms with van der Waals surface area (Å²) in [6.45, 7) is 6.60. The van der Waals surface area contributed by atoms with E-state index in [2.05, 4.69) is 67.0 Å². The average molecular weight is 347 g/mol. The molecule has 5 saturated carbocycles. The molecule has 0 saturated heterocycles. The maximum Gasteiger partial charge on any atom is 0.0619 e. The summed E-state index contributed by atoms with van der Waals surface area (Å²) >= 11 is 4.12. The van der Waals surface area contributed by atoms with Crippen molar-refractivity contribution in [3.8, 4) is 0 Å². The summed E-state index contributed by atoms with van der Waals surface area (Å²) in [6, 6.07) is 11.3. The molecule has 0 N–H and O–H groups in total. The molecule has 6 rings (SSSR count). The van der Waals surface area contributed by atoms with Crippen molar-refractivity contribution in [3.05, 3.63) is 35.9 Å². The third-order valence-electron chi connectivity index (χ3n) is 6.70. The van der Waals surface area contributed by atoms with Crippen LogP contribution in [0.3, 0.4) is 0 Å². The molecule has 5 aliphatic rings. The zero-order valence-corrected chi connectivity index (χ0v) is 14.5. The second kappa shape index (κ2) is 3.76. The number of benzene rings is 1. The van der Waals surface area contributed by atoms with Gasteiger partial charge in [-0.15, -0.1) is 0 Å². The Labute approximate surface area is 135 Å². The first kappa shape index (κ1) is 13.1. The molecule has 5 aliphatic carbocycles. The molecule has 0 aliphatic heterocycles. The van der Waals surface area contributed by atoms with Gasteiger partial charge in [-0.1, -0.05) is 46.3 Å². The van der Waals surface area contributed by atoms with Crippen molar-refractivity contribution >= 4 is 15.9 Å². The molecule has 0 unspecified atom stereocenters. The molecular formula is C19H23BrO. The first-order chi connectivity index (χ1) is 9.96. The predicted octanol–water partition coefficient (Wildman–Crippen LogP) is 4.40. The Morgan fingerprint density at radius 3 is 2.43 bits per heavy atom. The van der Waals surface area contributed by atoms with Crippen molar-refractivity contribution < 1.29 is 4.74 Å². The van der Waals surface area contributed by atoms with Crippen LogP contribution in [0.15, 0.2) is 30.3 Å². The first-order valence-electron chi connectivity index (χ1n) is 8.33. The van der Waals surface area contributed by atoms with Crippen molar-refractivity contribution in [2.45, 2.75) is 49.1 Å². The lowest BCUT2D eigenvalue weighted by atomic mass is 9.93. The van der Waals surface area contributed by atoms with E-state index in [-0.39, 0.29) is 5.60 Å². The molecule has 112 valence electrons. The lowest BCUT2D eigenvalue weighted by Gasteiger charge is -2.30. The number of hydrogen-bond donors (Lipinski definition) is 0. The lowest BCUT2D eigenvalue weighted by Crippen LogP contribution is -2.32. The van der Waals surface area contributed by atoms with Gasteiger partial charge in [0.1, 0.15) is 0 Å². The topological polar surface area (TPSA) is 9.23 Å². The van der Waals surface area contributed by atoms with E-state index in [0.717, 1.165) is 29.6 Å². The van der Waals surface area contributed by atoms with Crippen molar-refractivity contribution in [1.29, 1.82) is 0 Å². The number of ether oxygens (including phenoxy) is 1. The minimum absolute atomic E-state index is 0.00829. The summed E-state index contributed by atoms with van der Waals surface area (Å²) in [6.07, 6.45) is 1.79. The van der Waals surface area contributed by atoms with Crippen molar-refractivity contribution in [1.82, 2.24) is 0 Å². The van der Waals surface area contributed by atoms with Crippen LogP contribution in [0.5, 0.6) is 0 Å². The quantitative estimate of drug-likeness (QED) is 0.721. The van der Waals surface area contributed by atoms with Gasteiger partial charge in [0.15, 0.2) is 0 Å². The fourth-order valence-corrected chi connectivity index (χ4v) is 8.18. The van der Waals surface area contributed by atoms with E-state index in [9.17, 15) is 0 Å². The third kappa shape index (κ3) is 1.38. The Hall–Kier alpha value is -0.340. The van der Waals surface area contributed by atoms with Gasteiger partial charge in [0.05, 0.1) is 11.7 Å². The highest BCUT2D eigenvalue weighted by molar-refractivity contribution is 9.09. The van der Waals surface area contributed by atoms with Crippen molar-refractivity contribution in [2.75, 3.05) is 0 Å². The van der Waals surface area contributed by atoms with E-state index in [1.807, 2.05) is 0 Å². The highest BCUT2D eigenvalue weighted by atomic mass is 79.9. The molecule has 0 spiro atoms. The normalized spacial score (nSPS) is 52.5. The molecule has 0 aromatic heterocycles. The smallest absolute Gasteiger partial charge is 0.0619 e. The summed E-state index contributed by atoms with van der Waals surface area (Å²) in [4.78, 5) is 0.672. The first-order valence-corrected chi connectivity index (χ1v) is 9.25. The van der Waals surface area contributed by atoms with Crippen LogP contribution in [-0.4, -0.2) is 16.5 Å². The van der Waals surface area contributed by atoms with E-state index in [0.29, 0.717) is 16.3 Å². The maximum absolute atomic E-state index is 6.44. The molecule has 1 nitrogen and oxygen atoms in total. The van der Waals surface area contributed by atoms with Gasteiger partial charge in [-0.2, -0.15) is 0 Å². The summed E-state index contributed by atoms with van der Waals surface area (Å²) in [5, 5.41) is 0. The Bertz CT molecular complexity index is 587. The molecule has 1 aromatic carbocycles. The predicted molar refractivity (Wildman–Crippen MR) is 87.5 cm³/mol. The van der Waals surface area contributed by atoms with Crippen LogP contribution >= 0.6 is 15.9 Å². The van der Waals surface area contributed by atoms with E-state index in [4.69, 9.17) is 4.74 Å². The molecule has 0 radical (unpaired) electrons. The highest BCUT2D eigenvalue weighted by Crippen LogP contribution is 2.88. The SMILES string of the molecule is CC(C)(C)O[C@H]1C[C@H]2[C@H]3[C@@H]1[C@H]1[C@@H]2[C@@]1(c1ccccc1)[C@H]3Br. The van der Waals surface area contributed by atoms with Crippen LogP contribution in [0, 0.1) is 29.6 Å². The summed E-state index contributed by atoms with van der Waals surface area (Å²) in [5.74, 6) is 4.35. The van der Waals surface area contributed by atoms with E-state index in [1.54, 1.807) is 5.56 Å². The zero-order valence-electron chi connectivity index (χ0n) is 12.9. The Morgan fingerprint density at radius 2 is 1.81 bits per heavy atom. The summed E-state index contributed by atoms with van der Waals surface area (Å²) in [7, 11) is 0. The van der Waals surface area contributed by atoms with Crippen LogP contribution in [0.2, 0.25) is 0 Å².